The van der Waals surface area contributed by atoms with E-state index in [4.69, 9.17) is 18.9 Å². The third kappa shape index (κ3) is 7.67. The summed E-state index contributed by atoms with van der Waals surface area (Å²) in [6.07, 6.45) is -0.234. The Balaban J connectivity index is 1.81. The SMILES string of the molecule is CN1C(N(C(=O)OC(C)(C)C)C(=O)OC(C)(C)C)=N[C@](C)(c2cc(/C=C(\F)c3ncc4c(n3)OCCO4)ccc2F)CS1(=O)=O. The Kier molecular flexibility index (Phi) is 8.85. The summed E-state index contributed by atoms with van der Waals surface area (Å²) in [5, 5.41) is 0. The Morgan fingerprint density at radius 1 is 1.07 bits per heavy atom. The van der Waals surface area contributed by atoms with Crippen LogP contribution in [0, 0.1) is 5.82 Å². The molecule has 0 saturated heterocycles. The summed E-state index contributed by atoms with van der Waals surface area (Å²) >= 11 is 0. The average Bonchev–Trinajstić information content (AvgIpc) is 2.90. The fraction of sp³-hybridized carbons (Fsp3) is 0.483. The summed E-state index contributed by atoms with van der Waals surface area (Å²) in [5.41, 5.74) is -4.22. The summed E-state index contributed by atoms with van der Waals surface area (Å²) in [5.74, 6) is -3.18. The second-order valence-electron chi connectivity index (χ2n) is 12.5. The normalized spacial score (nSPS) is 19.8. The molecule has 2 aliphatic heterocycles. The molecule has 0 saturated carbocycles. The molecule has 1 atom stereocenters. The number of guanidine groups is 1. The van der Waals surface area contributed by atoms with E-state index in [9.17, 15) is 18.0 Å². The highest BCUT2D eigenvalue weighted by Gasteiger charge is 2.48. The zero-order valence-corrected chi connectivity index (χ0v) is 27.0. The molecular formula is C29H35F2N5O8S. The molecule has 244 valence electrons. The summed E-state index contributed by atoms with van der Waals surface area (Å²) in [7, 11) is -3.24. The van der Waals surface area contributed by atoms with Gasteiger partial charge in [0, 0.05) is 12.6 Å². The van der Waals surface area contributed by atoms with Crippen LogP contribution in [-0.4, -0.2) is 83.0 Å². The number of nitrogens with zero attached hydrogens (tertiary/aromatic N) is 5. The van der Waals surface area contributed by atoms with Gasteiger partial charge in [0.2, 0.25) is 16.0 Å². The van der Waals surface area contributed by atoms with Crippen molar-refractivity contribution in [2.45, 2.75) is 65.2 Å². The molecule has 0 fully saturated rings. The number of aliphatic imine (C=N–C) groups is 1. The molecule has 2 aliphatic rings. The van der Waals surface area contributed by atoms with E-state index in [0.717, 1.165) is 19.2 Å². The standard InChI is InChI=1S/C29H35F2N5O8S/c1-27(2,3)43-25(37)36(26(38)44-28(4,5)6)24-34-29(7,16-45(39,40)35(24)8)18-13-17(9-10-19(18)30)14-20(31)22-32-15-21-23(33-22)42-12-11-41-21/h9-10,13-15H,11-12,16H2,1-8H3/b20-14-/t29-/m0/s1. The van der Waals surface area contributed by atoms with Crippen LogP contribution >= 0.6 is 0 Å². The van der Waals surface area contributed by atoms with Gasteiger partial charge in [0.1, 0.15) is 35.8 Å². The van der Waals surface area contributed by atoms with Crippen LogP contribution in [0.4, 0.5) is 18.4 Å². The molecule has 3 heterocycles. The summed E-state index contributed by atoms with van der Waals surface area (Å²) < 4.78 is 79.7. The first-order valence-corrected chi connectivity index (χ1v) is 15.4. The number of halogens is 2. The van der Waals surface area contributed by atoms with Crippen LogP contribution in [-0.2, 0) is 25.0 Å². The van der Waals surface area contributed by atoms with E-state index in [1.807, 2.05) is 0 Å². The van der Waals surface area contributed by atoms with Gasteiger partial charge in [0.15, 0.2) is 17.4 Å². The number of aromatic nitrogens is 2. The second-order valence-corrected chi connectivity index (χ2v) is 14.5. The van der Waals surface area contributed by atoms with E-state index in [0.29, 0.717) is 15.8 Å². The van der Waals surface area contributed by atoms with Gasteiger partial charge in [-0.05, 0) is 72.2 Å². The Labute approximate surface area is 259 Å². The van der Waals surface area contributed by atoms with Gasteiger partial charge >= 0.3 is 12.2 Å². The third-order valence-corrected chi connectivity index (χ3v) is 8.17. The Bertz CT molecular complexity index is 1660. The number of benzene rings is 1. The maximum absolute atomic E-state index is 15.4. The van der Waals surface area contributed by atoms with E-state index < -0.39 is 62.3 Å². The van der Waals surface area contributed by atoms with Crippen molar-refractivity contribution < 1.29 is 45.7 Å². The summed E-state index contributed by atoms with van der Waals surface area (Å²) in [6.45, 7) is 11.1. The molecule has 13 nitrogen and oxygen atoms in total. The van der Waals surface area contributed by atoms with Crippen molar-refractivity contribution in [2.75, 3.05) is 26.0 Å². The van der Waals surface area contributed by atoms with Crippen LogP contribution in [0.25, 0.3) is 11.9 Å². The van der Waals surface area contributed by atoms with Crippen molar-refractivity contribution in [3.63, 3.8) is 0 Å². The largest absolute Gasteiger partial charge is 0.483 e. The molecule has 1 aromatic carbocycles. The fourth-order valence-electron chi connectivity index (χ4n) is 4.30. The maximum Gasteiger partial charge on any atom is 0.427 e. The van der Waals surface area contributed by atoms with E-state index in [-0.39, 0.29) is 35.2 Å². The van der Waals surface area contributed by atoms with Crippen molar-refractivity contribution in [2.24, 2.45) is 4.99 Å². The lowest BCUT2D eigenvalue weighted by Crippen LogP contribution is -2.58. The van der Waals surface area contributed by atoms with Crippen LogP contribution in [0.3, 0.4) is 0 Å². The topological polar surface area (TPSA) is 150 Å². The Morgan fingerprint density at radius 2 is 1.67 bits per heavy atom. The minimum Gasteiger partial charge on any atom is -0.483 e. The van der Waals surface area contributed by atoms with Crippen LogP contribution in [0.5, 0.6) is 11.6 Å². The Hall–Kier alpha value is -4.34. The monoisotopic (exact) mass is 651 g/mol. The number of ether oxygens (including phenoxy) is 4. The molecule has 0 bridgehead atoms. The average molecular weight is 652 g/mol. The molecule has 2 aromatic rings. The van der Waals surface area contributed by atoms with Gasteiger partial charge < -0.3 is 18.9 Å². The number of carbonyl (C=O) groups is 2. The molecule has 0 radical (unpaired) electrons. The number of carbonyl (C=O) groups excluding carboxylic acids is 2. The molecule has 1 aromatic heterocycles. The summed E-state index contributed by atoms with van der Waals surface area (Å²) in [4.78, 5) is 39.3. The maximum atomic E-state index is 15.4. The summed E-state index contributed by atoms with van der Waals surface area (Å²) in [6, 6.07) is 3.49. The molecule has 0 spiro atoms. The van der Waals surface area contributed by atoms with Gasteiger partial charge in [-0.1, -0.05) is 6.07 Å². The highest BCUT2D eigenvalue weighted by atomic mass is 32.2. The fourth-order valence-corrected chi connectivity index (χ4v) is 5.80. The lowest BCUT2D eigenvalue weighted by Gasteiger charge is -2.39. The van der Waals surface area contributed by atoms with Crippen molar-refractivity contribution in [3.05, 3.63) is 47.2 Å². The third-order valence-electron chi connectivity index (χ3n) is 6.24. The number of sulfonamides is 1. The first-order valence-electron chi connectivity index (χ1n) is 13.8. The molecule has 2 amide bonds. The molecule has 45 heavy (non-hydrogen) atoms. The van der Waals surface area contributed by atoms with E-state index in [1.54, 1.807) is 41.5 Å². The van der Waals surface area contributed by atoms with E-state index in [2.05, 4.69) is 15.0 Å². The second kappa shape index (κ2) is 11.9. The van der Waals surface area contributed by atoms with Crippen LogP contribution in [0.2, 0.25) is 0 Å². The van der Waals surface area contributed by atoms with E-state index >= 15 is 8.78 Å². The number of imide groups is 1. The number of hydrogen-bond acceptors (Lipinski definition) is 11. The number of fused-ring (bicyclic) bond motifs is 1. The predicted octanol–water partition coefficient (Wildman–Crippen LogP) is 4.87. The predicted molar refractivity (Wildman–Crippen MR) is 159 cm³/mol. The molecule has 0 unspecified atom stereocenters. The molecule has 0 aliphatic carbocycles. The lowest BCUT2D eigenvalue weighted by molar-refractivity contribution is 0.0133. The van der Waals surface area contributed by atoms with Crippen LogP contribution < -0.4 is 9.47 Å². The van der Waals surface area contributed by atoms with Gasteiger partial charge in [-0.3, -0.25) is 0 Å². The number of hydrogen-bond donors (Lipinski definition) is 0. The first kappa shape index (κ1) is 33.6. The molecule has 4 rings (SSSR count). The molecule has 16 heteroatoms. The van der Waals surface area contributed by atoms with Gasteiger partial charge in [-0.15, -0.1) is 4.90 Å². The molecule has 0 N–H and O–H groups in total. The van der Waals surface area contributed by atoms with Crippen molar-refractivity contribution in [3.8, 4) is 11.6 Å². The zero-order valence-electron chi connectivity index (χ0n) is 26.2. The van der Waals surface area contributed by atoms with E-state index in [1.165, 1.54) is 25.3 Å². The van der Waals surface area contributed by atoms with Gasteiger partial charge in [0.05, 0.1) is 11.9 Å². The van der Waals surface area contributed by atoms with Gasteiger partial charge in [-0.25, -0.2) is 41.1 Å². The van der Waals surface area contributed by atoms with Crippen molar-refractivity contribution in [1.82, 2.24) is 19.2 Å². The van der Waals surface area contributed by atoms with Crippen LogP contribution in [0.15, 0.2) is 29.4 Å². The van der Waals surface area contributed by atoms with Crippen molar-refractivity contribution >= 4 is 40.1 Å². The smallest absolute Gasteiger partial charge is 0.427 e. The quantitative estimate of drug-likeness (QED) is 0.450. The Morgan fingerprint density at radius 3 is 2.27 bits per heavy atom. The van der Waals surface area contributed by atoms with Crippen molar-refractivity contribution in [1.29, 1.82) is 0 Å². The van der Waals surface area contributed by atoms with Gasteiger partial charge in [-0.2, -0.15) is 4.98 Å². The highest BCUT2D eigenvalue weighted by Crippen LogP contribution is 2.36. The highest BCUT2D eigenvalue weighted by molar-refractivity contribution is 7.89. The lowest BCUT2D eigenvalue weighted by atomic mass is 9.92. The number of rotatable bonds is 3. The minimum absolute atomic E-state index is 0.0695. The number of amides is 2. The van der Waals surface area contributed by atoms with Crippen LogP contribution in [0.1, 0.15) is 65.4 Å². The first-order chi connectivity index (χ1) is 20.7. The minimum atomic E-state index is -4.33. The zero-order chi connectivity index (χ0) is 33.5. The molecular weight excluding hydrogens is 616 g/mol. The van der Waals surface area contributed by atoms with Gasteiger partial charge in [0.25, 0.3) is 5.88 Å².